The first kappa shape index (κ1) is 18.2. The molecule has 1 aromatic heterocycles. The molecule has 28 heavy (non-hydrogen) atoms. The minimum absolute atomic E-state index is 0.0975. The van der Waals surface area contributed by atoms with E-state index in [1.807, 2.05) is 18.2 Å². The highest BCUT2D eigenvalue weighted by atomic mass is 16.6. The van der Waals surface area contributed by atoms with Gasteiger partial charge in [-0.05, 0) is 30.5 Å². The van der Waals surface area contributed by atoms with Crippen molar-refractivity contribution in [3.05, 3.63) is 47.5 Å². The Balaban J connectivity index is 1.50. The van der Waals surface area contributed by atoms with Gasteiger partial charge in [-0.3, -0.25) is 4.79 Å². The van der Waals surface area contributed by atoms with Crippen LogP contribution in [0.15, 0.2) is 30.6 Å². The van der Waals surface area contributed by atoms with Crippen molar-refractivity contribution in [3.8, 4) is 11.5 Å². The number of carbonyl (C=O) groups excluding carboxylic acids is 1. The summed E-state index contributed by atoms with van der Waals surface area (Å²) in [5.41, 5.74) is 0.863. The maximum absolute atomic E-state index is 12.5. The minimum Gasteiger partial charge on any atom is -0.486 e. The fraction of sp³-hybridized carbons (Fsp3) is 0.400. The molecule has 0 radical (unpaired) electrons. The summed E-state index contributed by atoms with van der Waals surface area (Å²) in [5.74, 6) is -0.0475. The Bertz CT molecular complexity index is 891. The number of carbonyl (C=O) groups is 2. The van der Waals surface area contributed by atoms with Gasteiger partial charge in [-0.2, -0.15) is 0 Å². The van der Waals surface area contributed by atoms with Crippen LogP contribution in [0.2, 0.25) is 0 Å². The molecule has 146 valence electrons. The zero-order valence-corrected chi connectivity index (χ0v) is 15.3. The molecular weight excluding hydrogens is 362 g/mol. The van der Waals surface area contributed by atoms with E-state index >= 15 is 0 Å². The normalized spacial score (nSPS) is 17.1. The van der Waals surface area contributed by atoms with E-state index in [0.717, 1.165) is 48.9 Å². The van der Waals surface area contributed by atoms with Crippen molar-refractivity contribution in [3.63, 3.8) is 0 Å². The van der Waals surface area contributed by atoms with E-state index < -0.39 is 5.97 Å². The zero-order valence-electron chi connectivity index (χ0n) is 15.3. The van der Waals surface area contributed by atoms with Gasteiger partial charge in [0.15, 0.2) is 17.2 Å². The van der Waals surface area contributed by atoms with Crippen molar-refractivity contribution >= 4 is 11.9 Å². The number of carboxylic acid groups (broad SMARTS) is 1. The smallest absolute Gasteiger partial charge is 0.356 e. The van der Waals surface area contributed by atoms with Crippen LogP contribution in [-0.2, 0) is 5.41 Å². The van der Waals surface area contributed by atoms with Crippen molar-refractivity contribution in [2.45, 2.75) is 31.1 Å². The number of nitrogens with zero attached hydrogens (tertiary/aromatic N) is 2. The van der Waals surface area contributed by atoms with E-state index in [-0.39, 0.29) is 22.7 Å². The molecule has 0 bridgehead atoms. The number of hydrogen-bond donors (Lipinski definition) is 2. The minimum atomic E-state index is -1.18. The Morgan fingerprint density at radius 1 is 1.04 bits per heavy atom. The van der Waals surface area contributed by atoms with Crippen molar-refractivity contribution in [2.24, 2.45) is 0 Å². The standard InChI is InChI=1S/C20H21N3O5/c24-18(14-10-22-15(11-21-14)19(25)26)23-12-20(5-1-2-6-20)13-3-4-16-17(9-13)28-8-7-27-16/h3-4,9-11H,1-2,5-8,12H2,(H,23,24)(H,25,26). The maximum atomic E-state index is 12.5. The molecule has 4 rings (SSSR count). The number of fused-ring (bicyclic) bond motifs is 1. The molecule has 0 spiro atoms. The van der Waals surface area contributed by atoms with Gasteiger partial charge < -0.3 is 19.9 Å². The van der Waals surface area contributed by atoms with E-state index in [4.69, 9.17) is 14.6 Å². The quantitative estimate of drug-likeness (QED) is 0.814. The van der Waals surface area contributed by atoms with Gasteiger partial charge in [0.1, 0.15) is 18.9 Å². The summed E-state index contributed by atoms with van der Waals surface area (Å²) < 4.78 is 11.3. The Kier molecular flexibility index (Phi) is 4.85. The number of ether oxygens (including phenoxy) is 2. The lowest BCUT2D eigenvalue weighted by atomic mass is 9.78. The van der Waals surface area contributed by atoms with Gasteiger partial charge in [0.05, 0.1) is 12.4 Å². The first-order valence-corrected chi connectivity index (χ1v) is 9.31. The summed E-state index contributed by atoms with van der Waals surface area (Å²) in [5, 5.41) is 11.8. The number of aromatic carboxylic acids is 1. The molecule has 1 saturated carbocycles. The Labute approximate surface area is 161 Å². The number of benzene rings is 1. The average Bonchev–Trinajstić information content (AvgIpc) is 3.22. The molecule has 8 nitrogen and oxygen atoms in total. The topological polar surface area (TPSA) is 111 Å². The summed E-state index contributed by atoms with van der Waals surface area (Å²) in [7, 11) is 0. The largest absolute Gasteiger partial charge is 0.486 e. The van der Waals surface area contributed by atoms with E-state index in [1.54, 1.807) is 0 Å². The molecule has 2 aromatic rings. The molecule has 1 aliphatic heterocycles. The van der Waals surface area contributed by atoms with Crippen LogP contribution in [0.3, 0.4) is 0 Å². The third kappa shape index (κ3) is 3.49. The molecular formula is C20H21N3O5. The van der Waals surface area contributed by atoms with E-state index in [0.29, 0.717) is 19.8 Å². The fourth-order valence-electron chi connectivity index (χ4n) is 3.89. The van der Waals surface area contributed by atoms with Crippen molar-refractivity contribution < 1.29 is 24.2 Å². The van der Waals surface area contributed by atoms with Gasteiger partial charge >= 0.3 is 5.97 Å². The van der Waals surface area contributed by atoms with Gasteiger partial charge in [-0.25, -0.2) is 14.8 Å². The Morgan fingerprint density at radius 3 is 2.39 bits per heavy atom. The summed E-state index contributed by atoms with van der Waals surface area (Å²) in [6.07, 6.45) is 6.40. The summed E-state index contributed by atoms with van der Waals surface area (Å²) in [4.78, 5) is 31.0. The number of carboxylic acids is 1. The molecule has 2 heterocycles. The van der Waals surface area contributed by atoms with E-state index in [1.165, 1.54) is 6.20 Å². The molecule has 2 aliphatic rings. The number of hydrogen-bond acceptors (Lipinski definition) is 6. The molecule has 8 heteroatoms. The summed E-state index contributed by atoms with van der Waals surface area (Å²) in [6, 6.07) is 6.00. The zero-order chi connectivity index (χ0) is 19.6. The average molecular weight is 383 g/mol. The number of rotatable bonds is 5. The van der Waals surface area contributed by atoms with Crippen LogP contribution in [0.25, 0.3) is 0 Å². The van der Waals surface area contributed by atoms with Crippen molar-refractivity contribution in [2.75, 3.05) is 19.8 Å². The molecule has 1 amide bonds. The second-order valence-electron chi connectivity index (χ2n) is 7.12. The van der Waals surface area contributed by atoms with Crippen LogP contribution in [0.5, 0.6) is 11.5 Å². The van der Waals surface area contributed by atoms with Gasteiger partial charge in [0.2, 0.25) is 0 Å². The molecule has 0 atom stereocenters. The molecule has 1 aromatic carbocycles. The third-order valence-electron chi connectivity index (χ3n) is 5.41. The van der Waals surface area contributed by atoms with Gasteiger partial charge in [-0.1, -0.05) is 18.9 Å². The fourth-order valence-corrected chi connectivity index (χ4v) is 3.89. The van der Waals surface area contributed by atoms with Gasteiger partial charge in [0, 0.05) is 12.0 Å². The lowest BCUT2D eigenvalue weighted by Crippen LogP contribution is -2.39. The Morgan fingerprint density at radius 2 is 1.71 bits per heavy atom. The van der Waals surface area contributed by atoms with Crippen LogP contribution in [0, 0.1) is 0 Å². The molecule has 2 N–H and O–H groups in total. The predicted molar refractivity (Wildman–Crippen MR) is 98.9 cm³/mol. The highest BCUT2D eigenvalue weighted by Gasteiger charge is 2.37. The third-order valence-corrected chi connectivity index (χ3v) is 5.41. The van der Waals surface area contributed by atoms with Crippen molar-refractivity contribution in [1.82, 2.24) is 15.3 Å². The van der Waals surface area contributed by atoms with Crippen LogP contribution in [0.4, 0.5) is 0 Å². The molecule has 0 unspecified atom stereocenters. The monoisotopic (exact) mass is 383 g/mol. The second kappa shape index (κ2) is 7.46. The van der Waals surface area contributed by atoms with E-state index in [9.17, 15) is 9.59 Å². The molecule has 1 fully saturated rings. The van der Waals surface area contributed by atoms with Crippen LogP contribution in [0.1, 0.15) is 52.2 Å². The second-order valence-corrected chi connectivity index (χ2v) is 7.12. The highest BCUT2D eigenvalue weighted by Crippen LogP contribution is 2.43. The number of aromatic nitrogens is 2. The molecule has 1 aliphatic carbocycles. The predicted octanol–water partition coefficient (Wildman–Crippen LogP) is 2.19. The van der Waals surface area contributed by atoms with Crippen LogP contribution in [-0.4, -0.2) is 46.7 Å². The summed E-state index contributed by atoms with van der Waals surface area (Å²) >= 11 is 0. The maximum Gasteiger partial charge on any atom is 0.356 e. The van der Waals surface area contributed by atoms with Gasteiger partial charge in [0.25, 0.3) is 5.91 Å². The first-order chi connectivity index (χ1) is 13.6. The highest BCUT2D eigenvalue weighted by molar-refractivity contribution is 5.92. The van der Waals surface area contributed by atoms with Gasteiger partial charge in [-0.15, -0.1) is 0 Å². The van der Waals surface area contributed by atoms with Crippen LogP contribution < -0.4 is 14.8 Å². The number of nitrogens with one attached hydrogen (secondary N) is 1. The lowest BCUT2D eigenvalue weighted by Gasteiger charge is -2.31. The van der Waals surface area contributed by atoms with Crippen molar-refractivity contribution in [1.29, 1.82) is 0 Å². The lowest BCUT2D eigenvalue weighted by molar-refractivity contribution is 0.0689. The number of amides is 1. The first-order valence-electron chi connectivity index (χ1n) is 9.31. The Hall–Kier alpha value is -3.16. The molecule has 0 saturated heterocycles. The SMILES string of the molecule is O=C(O)c1cnc(C(=O)NCC2(c3ccc4c(c3)OCCO4)CCCC2)cn1. The van der Waals surface area contributed by atoms with Crippen LogP contribution >= 0.6 is 0 Å². The van der Waals surface area contributed by atoms with E-state index in [2.05, 4.69) is 15.3 Å². The summed E-state index contributed by atoms with van der Waals surface area (Å²) in [6.45, 7) is 1.55.